The van der Waals surface area contributed by atoms with Crippen molar-refractivity contribution in [3.8, 4) is 0 Å². The molecule has 1 atom stereocenters. The molecule has 6 nitrogen and oxygen atoms in total. The van der Waals surface area contributed by atoms with Crippen molar-refractivity contribution < 1.29 is 28.6 Å². The molecule has 0 heterocycles. The Kier molecular flexibility index (Phi) is 49.8. The molecule has 0 amide bonds. The molecule has 0 radical (unpaired) electrons. The Hall–Kier alpha value is -2.11. The van der Waals surface area contributed by atoms with Gasteiger partial charge in [-0.1, -0.05) is 231 Å². The number of rotatable bonds is 50. The second-order valence-electron chi connectivity index (χ2n) is 18.5. The van der Waals surface area contributed by atoms with Gasteiger partial charge in [0.25, 0.3) is 0 Å². The first-order valence-electron chi connectivity index (χ1n) is 27.3. The van der Waals surface area contributed by atoms with Gasteiger partial charge < -0.3 is 14.2 Å². The molecule has 6 heteroatoms. The van der Waals surface area contributed by atoms with Gasteiger partial charge in [-0.2, -0.15) is 0 Å². The summed E-state index contributed by atoms with van der Waals surface area (Å²) < 4.78 is 16.8. The number of unbranched alkanes of at least 4 members (excludes halogenated alkanes) is 35. The van der Waals surface area contributed by atoms with Crippen molar-refractivity contribution in [2.75, 3.05) is 13.2 Å². The minimum absolute atomic E-state index is 0.0731. The summed E-state index contributed by atoms with van der Waals surface area (Å²) in [5, 5.41) is 0. The smallest absolute Gasteiger partial charge is 0.306 e. The molecule has 0 spiro atoms. The Morgan fingerprint density at radius 1 is 0.306 bits per heavy atom. The minimum atomic E-state index is -0.774. The summed E-state index contributed by atoms with van der Waals surface area (Å²) >= 11 is 0. The lowest BCUT2D eigenvalue weighted by molar-refractivity contribution is -0.167. The van der Waals surface area contributed by atoms with Gasteiger partial charge in [-0.15, -0.1) is 0 Å². The van der Waals surface area contributed by atoms with E-state index < -0.39 is 6.10 Å². The zero-order valence-electron chi connectivity index (χ0n) is 41.7. The topological polar surface area (TPSA) is 78.9 Å². The molecule has 0 saturated heterocycles. The quantitative estimate of drug-likeness (QED) is 0.0262. The monoisotopic (exact) mass is 873 g/mol. The summed E-state index contributed by atoms with van der Waals surface area (Å²) in [5.41, 5.74) is 0. The largest absolute Gasteiger partial charge is 0.462 e. The first kappa shape index (κ1) is 59.9. The highest BCUT2D eigenvalue weighted by molar-refractivity contribution is 5.71. The van der Waals surface area contributed by atoms with Crippen LogP contribution in [-0.2, 0) is 28.6 Å². The highest BCUT2D eigenvalue weighted by Crippen LogP contribution is 2.16. The van der Waals surface area contributed by atoms with E-state index >= 15 is 0 Å². The van der Waals surface area contributed by atoms with E-state index in [-0.39, 0.29) is 31.1 Å². The van der Waals surface area contributed by atoms with Crippen LogP contribution in [0.25, 0.3) is 0 Å². The van der Waals surface area contributed by atoms with Gasteiger partial charge in [0.05, 0.1) is 0 Å². The molecule has 0 aliphatic rings. The maximum Gasteiger partial charge on any atom is 0.306 e. The number of carbonyl (C=O) groups is 3. The average Bonchev–Trinajstić information content (AvgIpc) is 3.27. The number of allylic oxidation sites excluding steroid dienone is 4. The summed E-state index contributed by atoms with van der Waals surface area (Å²) in [5.74, 6) is -0.875. The lowest BCUT2D eigenvalue weighted by Crippen LogP contribution is -2.30. The van der Waals surface area contributed by atoms with Crippen molar-refractivity contribution in [3.63, 3.8) is 0 Å². The van der Waals surface area contributed by atoms with Crippen LogP contribution in [-0.4, -0.2) is 37.2 Å². The van der Waals surface area contributed by atoms with Crippen LogP contribution in [0.1, 0.15) is 297 Å². The molecule has 0 bridgehead atoms. The summed E-state index contributed by atoms with van der Waals surface area (Å²) in [6.07, 6.45) is 58.7. The third-order valence-corrected chi connectivity index (χ3v) is 12.2. The number of hydrogen-bond donors (Lipinski definition) is 0. The third kappa shape index (κ3) is 48.9. The van der Waals surface area contributed by atoms with Gasteiger partial charge in [-0.05, 0) is 70.6 Å². The SMILES string of the molecule is CCCCCC/C=C\CCCCCCCC(=O)OC[C@H](COC(=O)CCCCCCCCCCCCCCCCCC)OC(=O)CCCCCCC/C=C\CCCCCCCC. The van der Waals surface area contributed by atoms with E-state index in [4.69, 9.17) is 14.2 Å². The molecular weight excluding hydrogens is 769 g/mol. The molecular formula is C56H104O6. The van der Waals surface area contributed by atoms with Crippen LogP contribution < -0.4 is 0 Å². The number of hydrogen-bond acceptors (Lipinski definition) is 6. The molecule has 0 saturated carbocycles. The van der Waals surface area contributed by atoms with E-state index in [0.717, 1.165) is 70.6 Å². The van der Waals surface area contributed by atoms with Gasteiger partial charge in [0, 0.05) is 19.3 Å². The summed E-state index contributed by atoms with van der Waals surface area (Å²) in [7, 11) is 0. The summed E-state index contributed by atoms with van der Waals surface area (Å²) in [6, 6.07) is 0. The molecule has 0 aromatic carbocycles. The van der Waals surface area contributed by atoms with E-state index in [9.17, 15) is 14.4 Å². The van der Waals surface area contributed by atoms with Gasteiger partial charge in [0.15, 0.2) is 6.10 Å². The fraction of sp³-hybridized carbons (Fsp3) is 0.875. The van der Waals surface area contributed by atoms with E-state index in [1.165, 1.54) is 186 Å². The normalized spacial score (nSPS) is 12.1. The van der Waals surface area contributed by atoms with Crippen LogP contribution in [0.4, 0.5) is 0 Å². The molecule has 0 fully saturated rings. The number of carbonyl (C=O) groups excluding carboxylic acids is 3. The molecule has 0 N–H and O–H groups in total. The number of ether oxygens (including phenoxy) is 3. The van der Waals surface area contributed by atoms with E-state index in [1.807, 2.05) is 0 Å². The predicted molar refractivity (Wildman–Crippen MR) is 266 cm³/mol. The molecule has 0 aliphatic heterocycles. The lowest BCUT2D eigenvalue weighted by Gasteiger charge is -2.18. The predicted octanol–water partition coefficient (Wildman–Crippen LogP) is 17.9. The van der Waals surface area contributed by atoms with Gasteiger partial charge in [0.1, 0.15) is 13.2 Å². The van der Waals surface area contributed by atoms with Crippen molar-refractivity contribution in [3.05, 3.63) is 24.3 Å². The highest BCUT2D eigenvalue weighted by Gasteiger charge is 2.19. The number of esters is 3. The first-order valence-corrected chi connectivity index (χ1v) is 27.3. The molecule has 0 aliphatic carbocycles. The summed E-state index contributed by atoms with van der Waals surface area (Å²) in [4.78, 5) is 38.0. The third-order valence-electron chi connectivity index (χ3n) is 12.2. The average molecular weight is 873 g/mol. The molecule has 0 unspecified atom stereocenters. The minimum Gasteiger partial charge on any atom is -0.462 e. The maximum absolute atomic E-state index is 12.8. The first-order chi connectivity index (χ1) is 30.5. The van der Waals surface area contributed by atoms with Crippen molar-refractivity contribution in [2.24, 2.45) is 0 Å². The fourth-order valence-electron chi connectivity index (χ4n) is 8.02. The van der Waals surface area contributed by atoms with Crippen molar-refractivity contribution >= 4 is 17.9 Å². The van der Waals surface area contributed by atoms with Crippen LogP contribution >= 0.6 is 0 Å². The molecule has 0 aromatic rings. The van der Waals surface area contributed by atoms with Gasteiger partial charge >= 0.3 is 17.9 Å². The molecule has 0 aromatic heterocycles. The summed E-state index contributed by atoms with van der Waals surface area (Å²) in [6.45, 7) is 6.64. The standard InChI is InChI=1S/C56H104O6/c1-4-7-10-13-16-19-22-25-27-29-31-34-37-40-43-46-49-55(58)61-52-53(51-60-54(57)48-45-42-39-36-33-30-24-21-18-15-12-9-6-3)62-56(59)50-47-44-41-38-35-32-28-26-23-20-17-14-11-8-5-2/h21,24,26,28,53H,4-20,22-23,25,27,29-52H2,1-3H3/b24-21-,28-26-/t53-/m1/s1. The van der Waals surface area contributed by atoms with Gasteiger partial charge in [-0.3, -0.25) is 14.4 Å². The van der Waals surface area contributed by atoms with Crippen LogP contribution in [0.5, 0.6) is 0 Å². The van der Waals surface area contributed by atoms with Crippen LogP contribution in [0.2, 0.25) is 0 Å². The highest BCUT2D eigenvalue weighted by atomic mass is 16.6. The van der Waals surface area contributed by atoms with E-state index in [2.05, 4.69) is 45.1 Å². The Morgan fingerprint density at radius 3 is 0.823 bits per heavy atom. The molecule has 62 heavy (non-hydrogen) atoms. The van der Waals surface area contributed by atoms with Crippen LogP contribution in [0.3, 0.4) is 0 Å². The van der Waals surface area contributed by atoms with E-state index in [0.29, 0.717) is 19.3 Å². The van der Waals surface area contributed by atoms with Gasteiger partial charge in [-0.25, -0.2) is 0 Å². The van der Waals surface area contributed by atoms with Gasteiger partial charge in [0.2, 0.25) is 0 Å². The second-order valence-corrected chi connectivity index (χ2v) is 18.5. The second kappa shape index (κ2) is 51.5. The Balaban J connectivity index is 4.35. The van der Waals surface area contributed by atoms with Crippen molar-refractivity contribution in [2.45, 2.75) is 303 Å². The van der Waals surface area contributed by atoms with Crippen molar-refractivity contribution in [1.82, 2.24) is 0 Å². The Bertz CT molecular complexity index is 1000. The van der Waals surface area contributed by atoms with Crippen LogP contribution in [0.15, 0.2) is 24.3 Å². The Morgan fingerprint density at radius 2 is 0.532 bits per heavy atom. The van der Waals surface area contributed by atoms with Crippen LogP contribution in [0, 0.1) is 0 Å². The maximum atomic E-state index is 12.8. The molecule has 0 rings (SSSR count). The Labute approximate surface area is 385 Å². The lowest BCUT2D eigenvalue weighted by atomic mass is 10.0. The zero-order chi connectivity index (χ0) is 45.1. The molecule has 364 valence electrons. The fourth-order valence-corrected chi connectivity index (χ4v) is 8.02. The van der Waals surface area contributed by atoms with Crippen molar-refractivity contribution in [1.29, 1.82) is 0 Å². The zero-order valence-corrected chi connectivity index (χ0v) is 41.7. The van der Waals surface area contributed by atoms with E-state index in [1.54, 1.807) is 0 Å².